The van der Waals surface area contributed by atoms with Gasteiger partial charge in [0.2, 0.25) is 5.91 Å². The molecule has 1 saturated heterocycles. The molecular formula is C22H34IN7O. The molecule has 3 rings (SSSR count). The lowest BCUT2D eigenvalue weighted by Gasteiger charge is -2.32. The molecule has 0 radical (unpaired) electrons. The first-order valence-corrected chi connectivity index (χ1v) is 10.7. The van der Waals surface area contributed by atoms with Gasteiger partial charge in [0.15, 0.2) is 5.96 Å². The molecule has 0 unspecified atom stereocenters. The van der Waals surface area contributed by atoms with Gasteiger partial charge in [-0.2, -0.15) is 5.10 Å². The monoisotopic (exact) mass is 539 g/mol. The Hall–Kier alpha value is -2.17. The molecule has 1 aromatic carbocycles. The maximum atomic E-state index is 12.7. The molecule has 2 heterocycles. The Morgan fingerprint density at radius 3 is 2.58 bits per heavy atom. The first-order valence-electron chi connectivity index (χ1n) is 10.7. The summed E-state index contributed by atoms with van der Waals surface area (Å²) < 4.78 is 1.74. The first-order chi connectivity index (χ1) is 14.6. The van der Waals surface area contributed by atoms with Crippen molar-refractivity contribution in [1.82, 2.24) is 29.9 Å². The second-order valence-corrected chi connectivity index (χ2v) is 7.84. The Bertz CT molecular complexity index is 831. The molecule has 8 nitrogen and oxygen atoms in total. The van der Waals surface area contributed by atoms with Crippen LogP contribution in [0.2, 0.25) is 0 Å². The van der Waals surface area contributed by atoms with E-state index >= 15 is 0 Å². The van der Waals surface area contributed by atoms with Gasteiger partial charge < -0.3 is 15.1 Å². The van der Waals surface area contributed by atoms with Crippen LogP contribution in [-0.2, 0) is 24.8 Å². The molecule has 0 aliphatic carbocycles. The van der Waals surface area contributed by atoms with Gasteiger partial charge in [-0.15, -0.1) is 24.0 Å². The number of halogens is 1. The molecule has 2 aromatic rings. The molecule has 0 spiro atoms. The normalized spacial score (nSPS) is 14.8. The molecule has 1 fully saturated rings. The standard InChI is InChI=1S/C22H33N7O.HI/c1-4-23-22(27(2)16-20-25-17-26-28(20)3)24-15-21(30)29-12-10-19(11-13-29)14-18-8-6-5-7-9-18;/h5-9,17,19H,4,10-16H2,1-3H3,(H,23,24);1H. The Morgan fingerprint density at radius 2 is 1.97 bits per heavy atom. The number of aromatic nitrogens is 3. The summed E-state index contributed by atoms with van der Waals surface area (Å²) in [7, 11) is 3.81. The Labute approximate surface area is 202 Å². The topological polar surface area (TPSA) is 78.7 Å². The smallest absolute Gasteiger partial charge is 0.244 e. The lowest BCUT2D eigenvalue weighted by Crippen LogP contribution is -2.42. The second kappa shape index (κ2) is 12.6. The highest BCUT2D eigenvalue weighted by molar-refractivity contribution is 14.0. The van der Waals surface area contributed by atoms with E-state index in [1.54, 1.807) is 4.68 Å². The van der Waals surface area contributed by atoms with Crippen LogP contribution in [-0.4, -0.2) is 69.7 Å². The highest BCUT2D eigenvalue weighted by atomic mass is 127. The number of likely N-dealkylation sites (tertiary alicyclic amines) is 1. The maximum absolute atomic E-state index is 12.7. The second-order valence-electron chi connectivity index (χ2n) is 7.84. The first kappa shape index (κ1) is 25.1. The number of rotatable bonds is 7. The molecular weight excluding hydrogens is 505 g/mol. The number of carbonyl (C=O) groups excluding carboxylic acids is 1. The van der Waals surface area contributed by atoms with E-state index in [1.807, 2.05) is 30.8 Å². The van der Waals surface area contributed by atoms with Gasteiger partial charge in [-0.3, -0.25) is 9.48 Å². The van der Waals surface area contributed by atoms with E-state index in [0.29, 0.717) is 18.4 Å². The van der Waals surface area contributed by atoms with Gasteiger partial charge in [0.1, 0.15) is 18.7 Å². The highest BCUT2D eigenvalue weighted by Crippen LogP contribution is 2.21. The fourth-order valence-electron chi connectivity index (χ4n) is 3.80. The van der Waals surface area contributed by atoms with Gasteiger partial charge in [-0.25, -0.2) is 9.98 Å². The molecule has 0 bridgehead atoms. The molecule has 9 heteroatoms. The number of amides is 1. The van der Waals surface area contributed by atoms with Crippen LogP contribution in [0.5, 0.6) is 0 Å². The third kappa shape index (κ3) is 7.48. The van der Waals surface area contributed by atoms with Crippen molar-refractivity contribution in [2.24, 2.45) is 18.0 Å². The van der Waals surface area contributed by atoms with Crippen molar-refractivity contribution in [3.05, 3.63) is 48.0 Å². The Balaban J connectivity index is 0.00000341. The largest absolute Gasteiger partial charge is 0.357 e. The number of aliphatic imine (C=N–C) groups is 1. The van der Waals surface area contributed by atoms with E-state index in [2.05, 4.69) is 50.7 Å². The van der Waals surface area contributed by atoms with Gasteiger partial charge in [0, 0.05) is 33.7 Å². The zero-order chi connectivity index (χ0) is 21.3. The summed E-state index contributed by atoms with van der Waals surface area (Å²) in [6.45, 7) is 5.12. The van der Waals surface area contributed by atoms with Crippen LogP contribution in [0.3, 0.4) is 0 Å². The summed E-state index contributed by atoms with van der Waals surface area (Å²) >= 11 is 0. The summed E-state index contributed by atoms with van der Waals surface area (Å²) in [5.41, 5.74) is 1.38. The van der Waals surface area contributed by atoms with Crippen molar-refractivity contribution in [2.45, 2.75) is 32.7 Å². The number of hydrogen-bond acceptors (Lipinski definition) is 4. The maximum Gasteiger partial charge on any atom is 0.244 e. The number of benzene rings is 1. The molecule has 170 valence electrons. The minimum absolute atomic E-state index is 0. The van der Waals surface area contributed by atoms with Crippen LogP contribution in [0.1, 0.15) is 31.2 Å². The van der Waals surface area contributed by atoms with Gasteiger partial charge in [0.25, 0.3) is 0 Å². The van der Waals surface area contributed by atoms with Crippen molar-refractivity contribution >= 4 is 35.8 Å². The van der Waals surface area contributed by atoms with E-state index in [1.165, 1.54) is 11.9 Å². The van der Waals surface area contributed by atoms with Gasteiger partial charge in [-0.1, -0.05) is 30.3 Å². The lowest BCUT2D eigenvalue weighted by molar-refractivity contribution is -0.131. The Kier molecular flexibility index (Phi) is 10.2. The number of guanidine groups is 1. The number of nitrogens with one attached hydrogen (secondary N) is 1. The van der Waals surface area contributed by atoms with Crippen LogP contribution in [0.25, 0.3) is 0 Å². The van der Waals surface area contributed by atoms with Crippen LogP contribution in [0, 0.1) is 5.92 Å². The van der Waals surface area contributed by atoms with Crippen LogP contribution in [0.4, 0.5) is 0 Å². The predicted molar refractivity (Wildman–Crippen MR) is 133 cm³/mol. The summed E-state index contributed by atoms with van der Waals surface area (Å²) in [6.07, 6.45) is 4.74. The summed E-state index contributed by atoms with van der Waals surface area (Å²) in [6, 6.07) is 10.6. The van der Waals surface area contributed by atoms with E-state index < -0.39 is 0 Å². The van der Waals surface area contributed by atoms with E-state index in [9.17, 15) is 4.79 Å². The summed E-state index contributed by atoms with van der Waals surface area (Å²) in [4.78, 5) is 25.5. The van der Waals surface area contributed by atoms with Gasteiger partial charge in [-0.05, 0) is 37.7 Å². The molecule has 1 aliphatic heterocycles. The van der Waals surface area contributed by atoms with Gasteiger partial charge in [0.05, 0.1) is 6.54 Å². The number of aryl methyl sites for hydroxylation is 1. The fourth-order valence-corrected chi connectivity index (χ4v) is 3.80. The Morgan fingerprint density at radius 1 is 1.26 bits per heavy atom. The van der Waals surface area contributed by atoms with Crippen LogP contribution >= 0.6 is 24.0 Å². The molecule has 1 amide bonds. The van der Waals surface area contributed by atoms with E-state index in [0.717, 1.165) is 44.7 Å². The third-order valence-corrected chi connectivity index (χ3v) is 5.58. The minimum Gasteiger partial charge on any atom is -0.357 e. The zero-order valence-corrected chi connectivity index (χ0v) is 21.0. The number of hydrogen-bond donors (Lipinski definition) is 1. The average molecular weight is 539 g/mol. The van der Waals surface area contributed by atoms with Crippen molar-refractivity contribution < 1.29 is 4.79 Å². The molecule has 1 aliphatic rings. The summed E-state index contributed by atoms with van der Waals surface area (Å²) in [5.74, 6) is 2.29. The lowest BCUT2D eigenvalue weighted by atomic mass is 9.90. The van der Waals surface area contributed by atoms with Crippen molar-refractivity contribution in [1.29, 1.82) is 0 Å². The third-order valence-electron chi connectivity index (χ3n) is 5.58. The highest BCUT2D eigenvalue weighted by Gasteiger charge is 2.23. The number of nitrogens with zero attached hydrogens (tertiary/aromatic N) is 6. The van der Waals surface area contributed by atoms with E-state index in [4.69, 9.17) is 0 Å². The van der Waals surface area contributed by atoms with Crippen LogP contribution < -0.4 is 5.32 Å². The van der Waals surface area contributed by atoms with Crippen molar-refractivity contribution in [3.8, 4) is 0 Å². The summed E-state index contributed by atoms with van der Waals surface area (Å²) in [5, 5.41) is 7.36. The predicted octanol–water partition coefficient (Wildman–Crippen LogP) is 2.31. The molecule has 1 aromatic heterocycles. The molecule has 31 heavy (non-hydrogen) atoms. The van der Waals surface area contributed by atoms with E-state index in [-0.39, 0.29) is 36.4 Å². The number of carbonyl (C=O) groups is 1. The quantitative estimate of drug-likeness (QED) is 0.332. The molecule has 1 N–H and O–H groups in total. The minimum atomic E-state index is 0. The fraction of sp³-hybridized carbons (Fsp3) is 0.545. The SMILES string of the molecule is CCNC(=NCC(=O)N1CCC(Cc2ccccc2)CC1)N(C)Cc1ncnn1C.I. The van der Waals surface area contributed by atoms with Crippen LogP contribution in [0.15, 0.2) is 41.7 Å². The molecule has 0 saturated carbocycles. The van der Waals surface area contributed by atoms with Crippen molar-refractivity contribution in [2.75, 3.05) is 33.2 Å². The van der Waals surface area contributed by atoms with Gasteiger partial charge >= 0.3 is 0 Å². The average Bonchev–Trinajstić information content (AvgIpc) is 3.16. The van der Waals surface area contributed by atoms with Crippen molar-refractivity contribution in [3.63, 3.8) is 0 Å². The number of piperidine rings is 1. The zero-order valence-electron chi connectivity index (χ0n) is 18.7. The molecule has 0 atom stereocenters.